The number of carbonyl (C=O) groups excluding carboxylic acids is 1. The van der Waals surface area contributed by atoms with Gasteiger partial charge in [0.15, 0.2) is 5.17 Å². The summed E-state index contributed by atoms with van der Waals surface area (Å²) < 4.78 is 6.65. The fraction of sp³-hybridized carbons (Fsp3) is 0.0455. The number of hydrogen-bond acceptors (Lipinski definition) is 5. The van der Waals surface area contributed by atoms with Crippen molar-refractivity contribution in [3.05, 3.63) is 80.3 Å². The van der Waals surface area contributed by atoms with Crippen LogP contribution >= 0.6 is 39.3 Å². The van der Waals surface area contributed by atoms with Gasteiger partial charge < -0.3 is 4.42 Å². The summed E-state index contributed by atoms with van der Waals surface area (Å²) in [5.74, 6) is 0.924. The third kappa shape index (κ3) is 4.08. The molecule has 30 heavy (non-hydrogen) atoms. The molecule has 5 nitrogen and oxygen atoms in total. The fourth-order valence-corrected chi connectivity index (χ4v) is 4.20. The zero-order chi connectivity index (χ0) is 21.3. The number of benzene rings is 2. The molecule has 1 amide bonds. The first-order valence-corrected chi connectivity index (χ1v) is 10.8. The molecule has 0 N–H and O–H groups in total. The first-order valence-electron chi connectivity index (χ1n) is 8.77. The Labute approximate surface area is 190 Å². The second-order valence-corrected chi connectivity index (χ2v) is 8.60. The molecule has 1 aliphatic rings. The molecule has 3 aromatic rings. The number of aliphatic imine (C=N–C) groups is 1. The smallest absolute Gasteiger partial charge is 0.266 e. The minimum atomic E-state index is -0.169. The monoisotopic (exact) mass is 497 g/mol. The Morgan fingerprint density at radius 2 is 2.03 bits per heavy atom. The van der Waals surface area contributed by atoms with E-state index in [-0.39, 0.29) is 5.91 Å². The molecule has 1 aromatic heterocycles. The zero-order valence-electron chi connectivity index (χ0n) is 15.6. The Hall–Kier alpha value is -2.79. The van der Waals surface area contributed by atoms with Crippen molar-refractivity contribution in [3.63, 3.8) is 0 Å². The number of nitrogens with zero attached hydrogens (tertiary/aromatic N) is 3. The number of hydrogen-bond donors (Lipinski definition) is 0. The quantitative estimate of drug-likeness (QED) is 0.388. The topological polar surface area (TPSA) is 69.6 Å². The SMILES string of the molecule is CN1C(=O)/C(=C/c2ccc(-c3ccccc3C#N)o2)SC1=Nc1ccc(Br)c(Cl)c1. The van der Waals surface area contributed by atoms with E-state index < -0.39 is 0 Å². The van der Waals surface area contributed by atoms with Crippen LogP contribution in [0, 0.1) is 11.3 Å². The summed E-state index contributed by atoms with van der Waals surface area (Å²) in [6.45, 7) is 0. The van der Waals surface area contributed by atoms with Crippen molar-refractivity contribution in [1.82, 2.24) is 4.90 Å². The number of rotatable bonds is 3. The summed E-state index contributed by atoms with van der Waals surface area (Å²) in [6, 6.07) is 18.3. The molecular formula is C22H13BrClN3O2S. The van der Waals surface area contributed by atoms with Crippen LogP contribution in [0.5, 0.6) is 0 Å². The minimum absolute atomic E-state index is 0.169. The maximum atomic E-state index is 12.6. The van der Waals surface area contributed by atoms with Gasteiger partial charge in [-0.15, -0.1) is 0 Å². The van der Waals surface area contributed by atoms with E-state index in [1.54, 1.807) is 43.5 Å². The van der Waals surface area contributed by atoms with Crippen molar-refractivity contribution in [2.24, 2.45) is 4.99 Å². The van der Waals surface area contributed by atoms with Gasteiger partial charge in [-0.25, -0.2) is 4.99 Å². The molecule has 1 fully saturated rings. The Balaban J connectivity index is 1.61. The number of furan rings is 1. The van der Waals surface area contributed by atoms with Gasteiger partial charge in [-0.05, 0) is 70.2 Å². The third-order valence-corrected chi connectivity index (χ3v) is 6.64. The molecule has 0 aliphatic carbocycles. The molecule has 2 aromatic carbocycles. The van der Waals surface area contributed by atoms with E-state index in [0.29, 0.717) is 43.4 Å². The van der Waals surface area contributed by atoms with E-state index in [9.17, 15) is 10.1 Å². The number of thioether (sulfide) groups is 1. The van der Waals surface area contributed by atoms with Crippen LogP contribution in [0.1, 0.15) is 11.3 Å². The van der Waals surface area contributed by atoms with Gasteiger partial charge >= 0.3 is 0 Å². The molecular weight excluding hydrogens is 486 g/mol. The Kier molecular flexibility index (Phi) is 5.82. The molecule has 0 spiro atoms. The van der Waals surface area contributed by atoms with Gasteiger partial charge in [0.2, 0.25) is 0 Å². The van der Waals surface area contributed by atoms with Gasteiger partial charge in [0.1, 0.15) is 11.5 Å². The first-order chi connectivity index (χ1) is 14.5. The zero-order valence-corrected chi connectivity index (χ0v) is 18.8. The predicted molar refractivity (Wildman–Crippen MR) is 123 cm³/mol. The van der Waals surface area contributed by atoms with E-state index in [2.05, 4.69) is 27.0 Å². The molecule has 2 heterocycles. The lowest BCUT2D eigenvalue weighted by atomic mass is 10.1. The van der Waals surface area contributed by atoms with Crippen LogP contribution in [0.2, 0.25) is 5.02 Å². The highest BCUT2D eigenvalue weighted by Crippen LogP contribution is 2.35. The lowest BCUT2D eigenvalue weighted by Crippen LogP contribution is -2.23. The van der Waals surface area contributed by atoms with Crippen LogP contribution in [0.4, 0.5) is 5.69 Å². The fourth-order valence-electron chi connectivity index (χ4n) is 2.82. The van der Waals surface area contributed by atoms with Gasteiger partial charge in [0.05, 0.1) is 27.2 Å². The van der Waals surface area contributed by atoms with E-state index in [1.807, 2.05) is 24.3 Å². The lowest BCUT2D eigenvalue weighted by Gasteiger charge is -2.07. The highest BCUT2D eigenvalue weighted by Gasteiger charge is 2.30. The van der Waals surface area contributed by atoms with Gasteiger partial charge in [0.25, 0.3) is 5.91 Å². The third-order valence-electron chi connectivity index (χ3n) is 4.34. The van der Waals surface area contributed by atoms with Crippen LogP contribution < -0.4 is 0 Å². The second-order valence-electron chi connectivity index (χ2n) is 6.33. The average molecular weight is 499 g/mol. The molecule has 148 valence electrons. The number of nitriles is 1. The molecule has 1 aliphatic heterocycles. The molecule has 0 saturated carbocycles. The van der Waals surface area contributed by atoms with Gasteiger partial charge in [-0.3, -0.25) is 9.69 Å². The summed E-state index contributed by atoms with van der Waals surface area (Å²) in [4.78, 5) is 19.2. The summed E-state index contributed by atoms with van der Waals surface area (Å²) in [7, 11) is 1.67. The maximum absolute atomic E-state index is 12.6. The van der Waals surface area contributed by atoms with E-state index >= 15 is 0 Å². The molecule has 1 saturated heterocycles. The van der Waals surface area contributed by atoms with Crippen molar-refractivity contribution >= 4 is 62.1 Å². The highest BCUT2D eigenvalue weighted by molar-refractivity contribution is 9.10. The summed E-state index contributed by atoms with van der Waals surface area (Å²) in [6.07, 6.45) is 1.68. The number of likely N-dealkylation sites (N-methyl/N-ethyl adjacent to an activating group) is 1. The average Bonchev–Trinajstić information content (AvgIpc) is 3.31. The highest BCUT2D eigenvalue weighted by atomic mass is 79.9. The molecule has 0 radical (unpaired) electrons. The summed E-state index contributed by atoms with van der Waals surface area (Å²) in [5, 5.41) is 10.4. The standard InChI is InChI=1S/C22H13BrClN3O2S/c1-27-21(28)20(30-22(27)26-14-6-8-17(23)18(24)10-14)11-15-7-9-19(29-15)16-5-3-2-4-13(16)12-25/h2-11H,1H3/b20-11-,26-22?. The second kappa shape index (κ2) is 8.52. The molecule has 0 bridgehead atoms. The molecule has 0 atom stereocenters. The minimum Gasteiger partial charge on any atom is -0.457 e. The van der Waals surface area contributed by atoms with E-state index in [0.717, 1.165) is 4.47 Å². The lowest BCUT2D eigenvalue weighted by molar-refractivity contribution is -0.121. The van der Waals surface area contributed by atoms with Crippen LogP contribution in [0.15, 0.2) is 73.4 Å². The Morgan fingerprint density at radius 1 is 1.23 bits per heavy atom. The van der Waals surface area contributed by atoms with Crippen LogP contribution in [-0.2, 0) is 4.79 Å². The van der Waals surface area contributed by atoms with E-state index in [4.69, 9.17) is 16.0 Å². The maximum Gasteiger partial charge on any atom is 0.266 e. The number of halogens is 2. The number of amidine groups is 1. The summed E-state index contributed by atoms with van der Waals surface area (Å²) >= 11 is 10.7. The largest absolute Gasteiger partial charge is 0.457 e. The van der Waals surface area contributed by atoms with Gasteiger partial charge in [-0.2, -0.15) is 5.26 Å². The molecule has 8 heteroatoms. The first kappa shape index (κ1) is 20.5. The Bertz CT molecular complexity index is 1260. The summed E-state index contributed by atoms with van der Waals surface area (Å²) in [5.41, 5.74) is 1.89. The van der Waals surface area contributed by atoms with Crippen molar-refractivity contribution in [2.75, 3.05) is 7.05 Å². The number of amides is 1. The molecule has 4 rings (SSSR count). The van der Waals surface area contributed by atoms with Crippen LogP contribution in [0.3, 0.4) is 0 Å². The van der Waals surface area contributed by atoms with Crippen molar-refractivity contribution < 1.29 is 9.21 Å². The Morgan fingerprint density at radius 3 is 2.80 bits per heavy atom. The normalized spacial score (nSPS) is 16.5. The predicted octanol–water partition coefficient (Wildman–Crippen LogP) is 6.47. The van der Waals surface area contributed by atoms with Crippen LogP contribution in [0.25, 0.3) is 17.4 Å². The molecule has 0 unspecified atom stereocenters. The van der Waals surface area contributed by atoms with E-state index in [1.165, 1.54) is 16.7 Å². The number of carbonyl (C=O) groups is 1. The van der Waals surface area contributed by atoms with Crippen molar-refractivity contribution in [2.45, 2.75) is 0 Å². The van der Waals surface area contributed by atoms with Gasteiger partial charge in [0, 0.05) is 23.2 Å². The van der Waals surface area contributed by atoms with Crippen molar-refractivity contribution in [3.8, 4) is 17.4 Å². The van der Waals surface area contributed by atoms with Crippen LogP contribution in [-0.4, -0.2) is 23.0 Å². The van der Waals surface area contributed by atoms with Gasteiger partial charge in [-0.1, -0.05) is 23.7 Å². The van der Waals surface area contributed by atoms with Crippen molar-refractivity contribution in [1.29, 1.82) is 5.26 Å².